The fourth-order valence-corrected chi connectivity index (χ4v) is 3.11. The summed E-state index contributed by atoms with van der Waals surface area (Å²) in [6.45, 7) is 0.0404. The van der Waals surface area contributed by atoms with Crippen molar-refractivity contribution in [2.75, 3.05) is 4.90 Å². The summed E-state index contributed by atoms with van der Waals surface area (Å²) >= 11 is 0. The van der Waals surface area contributed by atoms with Gasteiger partial charge in [-0.3, -0.25) is 14.9 Å². The minimum absolute atomic E-state index is 0.00259. The monoisotopic (exact) mass is 434 g/mol. The molecule has 4 rings (SSSR count). The molecule has 1 aliphatic rings. The molecule has 0 radical (unpaired) electrons. The van der Waals surface area contributed by atoms with Crippen LogP contribution in [-0.4, -0.2) is 17.8 Å². The minimum Gasteiger partial charge on any atom is -0.489 e. The van der Waals surface area contributed by atoms with Crippen LogP contribution in [-0.2, 0) is 16.2 Å². The van der Waals surface area contributed by atoms with Gasteiger partial charge in [0, 0.05) is 5.56 Å². The highest BCUT2D eigenvalue weighted by Crippen LogP contribution is 2.23. The van der Waals surface area contributed by atoms with Crippen LogP contribution in [0.25, 0.3) is 6.08 Å². The number of hydrogen-bond acceptors (Lipinski definition) is 4. The standard InChI is InChI=1S/C24H16F2N2O4/c25-17-5-3-6-18(13-17)28-23(30)20(22(29)27-24(28)31)12-15-8-10-19(11-9-15)32-14-16-4-1-2-7-21(16)26/h1-13H,14H2,(H,27,29,31)/b20-12+. The van der Waals surface area contributed by atoms with Gasteiger partial charge in [0.2, 0.25) is 0 Å². The molecular weight excluding hydrogens is 418 g/mol. The lowest BCUT2D eigenvalue weighted by atomic mass is 10.1. The van der Waals surface area contributed by atoms with Gasteiger partial charge in [-0.1, -0.05) is 36.4 Å². The van der Waals surface area contributed by atoms with Crippen molar-refractivity contribution in [3.05, 3.63) is 101 Å². The third-order valence-electron chi connectivity index (χ3n) is 4.71. The van der Waals surface area contributed by atoms with E-state index in [1.165, 1.54) is 30.3 Å². The largest absolute Gasteiger partial charge is 0.489 e. The zero-order valence-corrected chi connectivity index (χ0v) is 16.5. The second-order valence-corrected chi connectivity index (χ2v) is 6.89. The normalized spacial score (nSPS) is 15.1. The average molecular weight is 434 g/mol. The molecule has 0 spiro atoms. The van der Waals surface area contributed by atoms with Crippen LogP contribution in [0.4, 0.5) is 19.3 Å². The summed E-state index contributed by atoms with van der Waals surface area (Å²) in [7, 11) is 0. The molecule has 1 fully saturated rings. The molecule has 1 N–H and O–H groups in total. The number of nitrogens with zero attached hydrogens (tertiary/aromatic N) is 1. The van der Waals surface area contributed by atoms with Crippen LogP contribution in [0.5, 0.6) is 5.75 Å². The van der Waals surface area contributed by atoms with Gasteiger partial charge in [0.1, 0.15) is 29.6 Å². The molecule has 32 heavy (non-hydrogen) atoms. The molecule has 0 aliphatic carbocycles. The van der Waals surface area contributed by atoms with Gasteiger partial charge in [0.05, 0.1) is 5.69 Å². The molecule has 0 saturated carbocycles. The number of nitrogens with one attached hydrogen (secondary N) is 1. The van der Waals surface area contributed by atoms with Crippen molar-refractivity contribution in [1.82, 2.24) is 5.32 Å². The summed E-state index contributed by atoms with van der Waals surface area (Å²) in [6.07, 6.45) is 1.32. The van der Waals surface area contributed by atoms with Gasteiger partial charge in [-0.2, -0.15) is 0 Å². The number of carbonyl (C=O) groups is 3. The van der Waals surface area contributed by atoms with Gasteiger partial charge in [-0.25, -0.2) is 18.5 Å². The molecule has 0 bridgehead atoms. The van der Waals surface area contributed by atoms with E-state index in [4.69, 9.17) is 4.74 Å². The van der Waals surface area contributed by atoms with Gasteiger partial charge in [-0.05, 0) is 48.0 Å². The maximum atomic E-state index is 13.7. The van der Waals surface area contributed by atoms with E-state index in [1.807, 2.05) is 0 Å². The lowest BCUT2D eigenvalue weighted by molar-refractivity contribution is -0.122. The topological polar surface area (TPSA) is 75.7 Å². The lowest BCUT2D eigenvalue weighted by Crippen LogP contribution is -2.54. The second kappa shape index (κ2) is 8.81. The van der Waals surface area contributed by atoms with Crippen molar-refractivity contribution in [2.24, 2.45) is 0 Å². The van der Waals surface area contributed by atoms with Crippen LogP contribution < -0.4 is 15.0 Å². The van der Waals surface area contributed by atoms with Crippen molar-refractivity contribution in [2.45, 2.75) is 6.61 Å². The van der Waals surface area contributed by atoms with Gasteiger partial charge in [0.25, 0.3) is 11.8 Å². The van der Waals surface area contributed by atoms with Crippen LogP contribution in [0.2, 0.25) is 0 Å². The maximum absolute atomic E-state index is 13.7. The zero-order valence-electron chi connectivity index (χ0n) is 16.5. The van der Waals surface area contributed by atoms with E-state index in [-0.39, 0.29) is 23.7 Å². The lowest BCUT2D eigenvalue weighted by Gasteiger charge is -2.26. The molecule has 0 aromatic heterocycles. The molecule has 4 amide bonds. The SMILES string of the molecule is O=C1NC(=O)N(c2cccc(F)c2)C(=O)/C1=C/c1ccc(OCc2ccccc2F)cc1. The number of ether oxygens (including phenoxy) is 1. The molecule has 3 aromatic carbocycles. The number of benzene rings is 3. The van der Waals surface area contributed by atoms with E-state index < -0.39 is 23.7 Å². The van der Waals surface area contributed by atoms with E-state index in [2.05, 4.69) is 5.32 Å². The van der Waals surface area contributed by atoms with E-state index in [0.29, 0.717) is 21.8 Å². The molecule has 3 aromatic rings. The molecule has 0 atom stereocenters. The number of anilines is 1. The highest BCUT2D eigenvalue weighted by atomic mass is 19.1. The summed E-state index contributed by atoms with van der Waals surface area (Å²) in [4.78, 5) is 37.9. The van der Waals surface area contributed by atoms with Crippen LogP contribution in [0.15, 0.2) is 78.4 Å². The number of hydrogen-bond donors (Lipinski definition) is 1. The molecule has 0 unspecified atom stereocenters. The Labute approximate surface area is 181 Å². The smallest absolute Gasteiger partial charge is 0.335 e. The van der Waals surface area contributed by atoms with Crippen molar-refractivity contribution in [1.29, 1.82) is 0 Å². The summed E-state index contributed by atoms with van der Waals surface area (Å²) in [5, 5.41) is 2.08. The van der Waals surface area contributed by atoms with Crippen LogP contribution in [0, 0.1) is 11.6 Å². The van der Waals surface area contributed by atoms with Gasteiger partial charge < -0.3 is 4.74 Å². The average Bonchev–Trinajstić information content (AvgIpc) is 2.77. The first kappa shape index (κ1) is 20.9. The summed E-state index contributed by atoms with van der Waals surface area (Å²) in [5.41, 5.74) is 0.622. The third-order valence-corrected chi connectivity index (χ3v) is 4.71. The van der Waals surface area contributed by atoms with Crippen molar-refractivity contribution < 1.29 is 27.9 Å². The van der Waals surface area contributed by atoms with E-state index in [1.54, 1.807) is 42.5 Å². The highest BCUT2D eigenvalue weighted by Gasteiger charge is 2.36. The molecule has 1 aliphatic heterocycles. The van der Waals surface area contributed by atoms with Gasteiger partial charge >= 0.3 is 6.03 Å². The number of carbonyl (C=O) groups excluding carboxylic acids is 3. The summed E-state index contributed by atoms with van der Waals surface area (Å²) in [5.74, 6) is -2.26. The number of amides is 4. The Bertz CT molecular complexity index is 1240. The Kier molecular flexibility index (Phi) is 5.76. The van der Waals surface area contributed by atoms with Crippen molar-refractivity contribution in [3.8, 4) is 5.75 Å². The number of halogens is 2. The number of barbiturate groups is 1. The van der Waals surface area contributed by atoms with E-state index in [0.717, 1.165) is 6.07 Å². The molecule has 6 nitrogen and oxygen atoms in total. The summed E-state index contributed by atoms with van der Waals surface area (Å²) in [6, 6.07) is 16.7. The summed E-state index contributed by atoms with van der Waals surface area (Å²) < 4.78 is 32.8. The van der Waals surface area contributed by atoms with Gasteiger partial charge in [0.15, 0.2) is 0 Å². The molecule has 8 heteroatoms. The van der Waals surface area contributed by atoms with Crippen LogP contribution in [0.3, 0.4) is 0 Å². The highest BCUT2D eigenvalue weighted by molar-refractivity contribution is 6.39. The predicted molar refractivity (Wildman–Crippen MR) is 113 cm³/mol. The van der Waals surface area contributed by atoms with Crippen molar-refractivity contribution in [3.63, 3.8) is 0 Å². The second-order valence-electron chi connectivity index (χ2n) is 6.89. The predicted octanol–water partition coefficient (Wildman–Crippen LogP) is 4.21. The molecular formula is C24H16F2N2O4. The number of imide groups is 2. The first-order valence-corrected chi connectivity index (χ1v) is 9.55. The minimum atomic E-state index is -0.959. The fourth-order valence-electron chi connectivity index (χ4n) is 3.11. The van der Waals surface area contributed by atoms with Crippen LogP contribution in [0.1, 0.15) is 11.1 Å². The zero-order chi connectivity index (χ0) is 22.7. The third kappa shape index (κ3) is 4.39. The maximum Gasteiger partial charge on any atom is 0.335 e. The van der Waals surface area contributed by atoms with Crippen LogP contribution >= 0.6 is 0 Å². The number of rotatable bonds is 5. The Balaban J connectivity index is 1.53. The first-order chi connectivity index (χ1) is 15.4. The Hall–Kier alpha value is -4.33. The Morgan fingerprint density at radius 1 is 0.906 bits per heavy atom. The van der Waals surface area contributed by atoms with Gasteiger partial charge in [-0.15, -0.1) is 0 Å². The quantitative estimate of drug-likeness (QED) is 0.482. The fraction of sp³-hybridized carbons (Fsp3) is 0.0417. The Morgan fingerprint density at radius 2 is 1.66 bits per heavy atom. The van der Waals surface area contributed by atoms with E-state index in [9.17, 15) is 23.2 Å². The molecule has 1 saturated heterocycles. The van der Waals surface area contributed by atoms with Crippen molar-refractivity contribution >= 4 is 29.6 Å². The first-order valence-electron chi connectivity index (χ1n) is 9.55. The number of urea groups is 1. The molecule has 160 valence electrons. The Morgan fingerprint density at radius 3 is 2.38 bits per heavy atom. The molecule has 1 heterocycles. The van der Waals surface area contributed by atoms with E-state index >= 15 is 0 Å².